The maximum absolute atomic E-state index is 6.07. The summed E-state index contributed by atoms with van der Waals surface area (Å²) in [6.07, 6.45) is 3.58. The lowest BCUT2D eigenvalue weighted by Crippen LogP contribution is -1.95. The van der Waals surface area contributed by atoms with E-state index in [0.29, 0.717) is 17.6 Å². The third-order valence-electron chi connectivity index (χ3n) is 4.13. The van der Waals surface area contributed by atoms with Crippen LogP contribution in [0.2, 0.25) is 0 Å². The van der Waals surface area contributed by atoms with Crippen LogP contribution >= 0.6 is 0 Å². The minimum absolute atomic E-state index is 0.484. The number of benzene rings is 1. The van der Waals surface area contributed by atoms with Gasteiger partial charge in [-0.3, -0.25) is 4.98 Å². The summed E-state index contributed by atoms with van der Waals surface area (Å²) in [7, 11) is 0. The molecule has 0 saturated heterocycles. The van der Waals surface area contributed by atoms with Crippen LogP contribution in [0.3, 0.4) is 0 Å². The van der Waals surface area contributed by atoms with Crippen molar-refractivity contribution in [3.05, 3.63) is 66.4 Å². The summed E-state index contributed by atoms with van der Waals surface area (Å²) in [5.41, 5.74) is 11.7. The Morgan fingerprint density at radius 1 is 0.769 bits per heavy atom. The Labute approximate surface area is 150 Å². The second kappa shape index (κ2) is 6.40. The fraction of sp³-hybridized carbons (Fsp3) is 0.100. The molecular weight excluding hydrogens is 326 g/mol. The lowest BCUT2D eigenvalue weighted by molar-refractivity contribution is 0.533. The highest BCUT2D eigenvalue weighted by Crippen LogP contribution is 2.30. The van der Waals surface area contributed by atoms with E-state index in [1.807, 2.05) is 55.6 Å². The SMILES string of the molecule is Cc1ccc(-c2cc(-c3ccc(-c4nnc(C)o4)cc3)cnc2N)cn1. The van der Waals surface area contributed by atoms with Crippen LogP contribution < -0.4 is 5.73 Å². The highest BCUT2D eigenvalue weighted by molar-refractivity contribution is 5.79. The predicted octanol–water partition coefficient (Wildman–Crippen LogP) is 4.06. The van der Waals surface area contributed by atoms with Gasteiger partial charge in [-0.15, -0.1) is 10.2 Å². The van der Waals surface area contributed by atoms with Crippen LogP contribution in [-0.2, 0) is 0 Å². The molecular formula is C20H17N5O. The molecule has 2 N–H and O–H groups in total. The van der Waals surface area contributed by atoms with Crippen molar-refractivity contribution >= 4 is 5.82 Å². The molecule has 3 heterocycles. The third kappa shape index (κ3) is 3.04. The summed E-state index contributed by atoms with van der Waals surface area (Å²) in [5.74, 6) is 1.54. The Bertz CT molecular complexity index is 1050. The first-order valence-electron chi connectivity index (χ1n) is 8.19. The standard InChI is InChI=1S/C20H17N5O/c1-12-3-4-16(10-22-12)18-9-17(11-23-19(18)21)14-5-7-15(8-6-14)20-25-24-13(2)26-20/h3-11H,1-2H3,(H2,21,23). The third-order valence-corrected chi connectivity index (χ3v) is 4.13. The normalized spacial score (nSPS) is 10.8. The van der Waals surface area contributed by atoms with Crippen LogP contribution in [0.1, 0.15) is 11.6 Å². The lowest BCUT2D eigenvalue weighted by Gasteiger charge is -2.09. The first-order chi connectivity index (χ1) is 12.6. The number of hydrogen-bond donors (Lipinski definition) is 1. The topological polar surface area (TPSA) is 90.7 Å². The second-order valence-electron chi connectivity index (χ2n) is 6.05. The smallest absolute Gasteiger partial charge is 0.247 e. The number of pyridine rings is 2. The number of nitrogens with two attached hydrogens (primary N) is 1. The first kappa shape index (κ1) is 16.0. The van der Waals surface area contributed by atoms with Crippen molar-refractivity contribution in [3.8, 4) is 33.7 Å². The predicted molar refractivity (Wildman–Crippen MR) is 100 cm³/mol. The van der Waals surface area contributed by atoms with Gasteiger partial charge in [0.15, 0.2) is 0 Å². The number of aryl methyl sites for hydroxylation is 2. The minimum atomic E-state index is 0.484. The van der Waals surface area contributed by atoms with Gasteiger partial charge in [-0.1, -0.05) is 18.2 Å². The summed E-state index contributed by atoms with van der Waals surface area (Å²) >= 11 is 0. The summed E-state index contributed by atoms with van der Waals surface area (Å²) < 4.78 is 5.46. The van der Waals surface area contributed by atoms with Gasteiger partial charge < -0.3 is 10.2 Å². The maximum Gasteiger partial charge on any atom is 0.247 e. The van der Waals surface area contributed by atoms with Crippen molar-refractivity contribution in [3.63, 3.8) is 0 Å². The average Bonchev–Trinajstić information content (AvgIpc) is 3.10. The molecule has 0 saturated carbocycles. The van der Waals surface area contributed by atoms with Crippen molar-refractivity contribution in [2.45, 2.75) is 13.8 Å². The average molecular weight is 343 g/mol. The van der Waals surface area contributed by atoms with Gasteiger partial charge in [0.2, 0.25) is 11.8 Å². The van der Waals surface area contributed by atoms with Gasteiger partial charge in [-0.25, -0.2) is 4.98 Å². The van der Waals surface area contributed by atoms with Crippen LogP contribution in [0.4, 0.5) is 5.82 Å². The van der Waals surface area contributed by atoms with E-state index < -0.39 is 0 Å². The second-order valence-corrected chi connectivity index (χ2v) is 6.05. The molecule has 6 heteroatoms. The quantitative estimate of drug-likeness (QED) is 0.603. The van der Waals surface area contributed by atoms with E-state index in [9.17, 15) is 0 Å². The Balaban J connectivity index is 1.69. The van der Waals surface area contributed by atoms with Gasteiger partial charge >= 0.3 is 0 Å². The maximum atomic E-state index is 6.07. The van der Waals surface area contributed by atoms with E-state index in [1.165, 1.54) is 0 Å². The van der Waals surface area contributed by atoms with E-state index in [-0.39, 0.29) is 0 Å². The molecule has 0 atom stereocenters. The monoisotopic (exact) mass is 343 g/mol. The summed E-state index contributed by atoms with van der Waals surface area (Å²) in [6.45, 7) is 3.72. The van der Waals surface area contributed by atoms with Crippen molar-refractivity contribution in [1.82, 2.24) is 20.2 Å². The molecule has 0 aliphatic carbocycles. The molecule has 0 bridgehead atoms. The molecule has 0 radical (unpaired) electrons. The Morgan fingerprint density at radius 2 is 1.46 bits per heavy atom. The van der Waals surface area contributed by atoms with E-state index in [0.717, 1.165) is 33.5 Å². The lowest BCUT2D eigenvalue weighted by atomic mass is 10.0. The van der Waals surface area contributed by atoms with E-state index in [4.69, 9.17) is 10.2 Å². The van der Waals surface area contributed by atoms with E-state index in [2.05, 4.69) is 20.2 Å². The summed E-state index contributed by atoms with van der Waals surface area (Å²) in [5, 5.41) is 7.90. The summed E-state index contributed by atoms with van der Waals surface area (Å²) in [4.78, 5) is 8.69. The number of nitrogen functional groups attached to an aromatic ring is 1. The molecule has 3 aromatic heterocycles. The highest BCUT2D eigenvalue weighted by Gasteiger charge is 2.09. The molecule has 26 heavy (non-hydrogen) atoms. The fourth-order valence-electron chi connectivity index (χ4n) is 2.71. The van der Waals surface area contributed by atoms with Crippen LogP contribution in [-0.4, -0.2) is 20.2 Å². The number of nitrogens with zero attached hydrogens (tertiary/aromatic N) is 4. The van der Waals surface area contributed by atoms with Crippen molar-refractivity contribution in [2.24, 2.45) is 0 Å². The van der Waals surface area contributed by atoms with Gasteiger partial charge in [0.05, 0.1) is 0 Å². The molecule has 0 amide bonds. The van der Waals surface area contributed by atoms with E-state index in [1.54, 1.807) is 13.1 Å². The molecule has 0 aliphatic heterocycles. The number of rotatable bonds is 3. The van der Waals surface area contributed by atoms with Crippen LogP contribution in [0.5, 0.6) is 0 Å². The molecule has 0 unspecified atom stereocenters. The molecule has 0 aliphatic rings. The molecule has 128 valence electrons. The van der Waals surface area contributed by atoms with Crippen molar-refractivity contribution < 1.29 is 4.42 Å². The fourth-order valence-corrected chi connectivity index (χ4v) is 2.71. The Hall–Kier alpha value is -3.54. The molecule has 0 spiro atoms. The number of aromatic nitrogens is 4. The number of hydrogen-bond acceptors (Lipinski definition) is 6. The van der Waals surface area contributed by atoms with Crippen LogP contribution in [0, 0.1) is 13.8 Å². The zero-order valence-electron chi connectivity index (χ0n) is 14.5. The van der Waals surface area contributed by atoms with Crippen molar-refractivity contribution in [1.29, 1.82) is 0 Å². The molecule has 4 aromatic rings. The molecule has 0 fully saturated rings. The van der Waals surface area contributed by atoms with Crippen molar-refractivity contribution in [2.75, 3.05) is 5.73 Å². The zero-order valence-corrected chi connectivity index (χ0v) is 14.5. The van der Waals surface area contributed by atoms with Gasteiger partial charge in [0, 0.05) is 47.3 Å². The van der Waals surface area contributed by atoms with Crippen LogP contribution in [0.25, 0.3) is 33.7 Å². The molecule has 4 rings (SSSR count). The van der Waals surface area contributed by atoms with E-state index >= 15 is 0 Å². The largest absolute Gasteiger partial charge is 0.421 e. The Kier molecular flexibility index (Phi) is 3.93. The van der Waals surface area contributed by atoms with Gasteiger partial charge in [-0.05, 0) is 36.8 Å². The molecule has 6 nitrogen and oxygen atoms in total. The zero-order chi connectivity index (χ0) is 18.1. The summed E-state index contributed by atoms with van der Waals surface area (Å²) in [6, 6.07) is 13.9. The first-order valence-corrected chi connectivity index (χ1v) is 8.19. The van der Waals surface area contributed by atoms with Gasteiger partial charge in [0.25, 0.3) is 0 Å². The van der Waals surface area contributed by atoms with Crippen LogP contribution in [0.15, 0.2) is 59.3 Å². The Morgan fingerprint density at radius 3 is 2.12 bits per heavy atom. The van der Waals surface area contributed by atoms with Gasteiger partial charge in [-0.2, -0.15) is 0 Å². The minimum Gasteiger partial charge on any atom is -0.421 e. The highest BCUT2D eigenvalue weighted by atomic mass is 16.4. The molecule has 1 aromatic carbocycles. The number of anilines is 1. The van der Waals surface area contributed by atoms with Gasteiger partial charge in [0.1, 0.15) is 5.82 Å².